The van der Waals surface area contributed by atoms with Crippen molar-refractivity contribution in [2.75, 3.05) is 32.8 Å². The maximum atomic E-state index is 12.3. The van der Waals surface area contributed by atoms with Crippen LogP contribution in [-0.2, 0) is 22.7 Å². The first-order valence-electron chi connectivity index (χ1n) is 8.59. The molecule has 0 saturated heterocycles. The van der Waals surface area contributed by atoms with E-state index in [1.807, 2.05) is 0 Å². The van der Waals surface area contributed by atoms with Gasteiger partial charge in [0.15, 0.2) is 6.79 Å². The summed E-state index contributed by atoms with van der Waals surface area (Å²) in [5.74, 6) is 1.09. The van der Waals surface area contributed by atoms with Gasteiger partial charge in [0, 0.05) is 35.5 Å². The molecule has 1 N–H and O–H groups in total. The number of rotatable bonds is 7. The van der Waals surface area contributed by atoms with Gasteiger partial charge in [0.25, 0.3) is 5.69 Å². The van der Waals surface area contributed by atoms with Crippen LogP contribution in [0.2, 0.25) is 0 Å². The zero-order chi connectivity index (χ0) is 20.1. The van der Waals surface area contributed by atoms with Gasteiger partial charge >= 0.3 is 0 Å². The fourth-order valence-corrected chi connectivity index (χ4v) is 2.97. The highest BCUT2D eigenvalue weighted by molar-refractivity contribution is 5.92. The lowest BCUT2D eigenvalue weighted by molar-refractivity contribution is -0.385. The average molecular weight is 387 g/mol. The molecular weight excluding hydrogens is 366 g/mol. The highest BCUT2D eigenvalue weighted by Crippen LogP contribution is 2.33. The van der Waals surface area contributed by atoms with E-state index >= 15 is 0 Å². The Morgan fingerprint density at radius 2 is 2.07 bits per heavy atom. The minimum absolute atomic E-state index is 0.0288. The topological polar surface area (TPSA) is 103 Å². The molecular formula is C19H21N3O6. The fraction of sp³-hybridized carbons (Fsp3) is 0.316. The van der Waals surface area contributed by atoms with E-state index < -0.39 is 4.92 Å². The summed E-state index contributed by atoms with van der Waals surface area (Å²) in [4.78, 5) is 24.8. The summed E-state index contributed by atoms with van der Waals surface area (Å²) in [6.45, 7) is 0.783. The van der Waals surface area contributed by atoms with Crippen molar-refractivity contribution in [1.82, 2.24) is 4.90 Å². The van der Waals surface area contributed by atoms with E-state index in [4.69, 9.17) is 14.2 Å². The second-order valence-corrected chi connectivity index (χ2v) is 6.41. The first-order valence-corrected chi connectivity index (χ1v) is 8.59. The average Bonchev–Trinajstić information content (AvgIpc) is 2.68. The van der Waals surface area contributed by atoms with Crippen LogP contribution in [0.4, 0.5) is 11.4 Å². The number of hydrogen-bond acceptors (Lipinski definition) is 7. The van der Waals surface area contributed by atoms with Gasteiger partial charge in [0.1, 0.15) is 11.5 Å². The molecule has 0 bridgehead atoms. The van der Waals surface area contributed by atoms with Gasteiger partial charge in [-0.2, -0.15) is 0 Å². The Labute approximate surface area is 162 Å². The van der Waals surface area contributed by atoms with Crippen LogP contribution < -0.4 is 14.8 Å². The second kappa shape index (κ2) is 8.68. The van der Waals surface area contributed by atoms with E-state index in [1.165, 1.54) is 12.1 Å². The van der Waals surface area contributed by atoms with E-state index in [1.54, 1.807) is 43.3 Å². The third kappa shape index (κ3) is 4.76. The summed E-state index contributed by atoms with van der Waals surface area (Å²) in [7, 11) is 3.34. The summed E-state index contributed by atoms with van der Waals surface area (Å²) in [5, 5.41) is 14.0. The summed E-state index contributed by atoms with van der Waals surface area (Å²) < 4.78 is 15.8. The number of nitrogens with one attached hydrogen (secondary N) is 1. The molecule has 0 atom stereocenters. The highest BCUT2D eigenvalue weighted by atomic mass is 16.7. The maximum Gasteiger partial charge on any atom is 0.270 e. The molecule has 0 spiro atoms. The van der Waals surface area contributed by atoms with E-state index in [0.29, 0.717) is 34.9 Å². The van der Waals surface area contributed by atoms with Gasteiger partial charge < -0.3 is 19.5 Å². The number of hydrogen-bond donors (Lipinski definition) is 1. The number of carbonyl (C=O) groups excluding carboxylic acids is 1. The Hall–Kier alpha value is -3.17. The molecule has 1 heterocycles. The molecule has 9 nitrogen and oxygen atoms in total. The van der Waals surface area contributed by atoms with Gasteiger partial charge in [0.2, 0.25) is 5.91 Å². The molecule has 3 rings (SSSR count). The monoisotopic (exact) mass is 387 g/mol. The number of nitrogens with zero attached hydrogens (tertiary/aromatic N) is 2. The highest BCUT2D eigenvalue weighted by Gasteiger charge is 2.22. The van der Waals surface area contributed by atoms with Crippen LogP contribution in [0.5, 0.6) is 11.5 Å². The van der Waals surface area contributed by atoms with Crippen LogP contribution in [-0.4, -0.2) is 43.2 Å². The number of nitro groups is 1. The van der Waals surface area contributed by atoms with Gasteiger partial charge in [-0.3, -0.25) is 19.8 Å². The lowest BCUT2D eigenvalue weighted by Gasteiger charge is -2.23. The molecule has 9 heteroatoms. The normalized spacial score (nSPS) is 12.8. The molecule has 0 unspecified atom stereocenters. The molecule has 1 aliphatic rings. The standard InChI is InChI=1S/C19H21N3O6/c1-21(10-18(23)20-15-3-5-17(26-2)6-4-15)9-13-7-16(22(24)25)8-14-11-27-12-28-19(13)14/h3-8H,9-12H2,1-2H3,(H,20,23). The Morgan fingerprint density at radius 1 is 1.32 bits per heavy atom. The van der Waals surface area contributed by atoms with E-state index in [0.717, 1.165) is 0 Å². The molecule has 28 heavy (non-hydrogen) atoms. The van der Waals surface area contributed by atoms with Crippen molar-refractivity contribution < 1.29 is 23.9 Å². The number of non-ortho nitro benzene ring substituents is 1. The molecule has 0 radical (unpaired) electrons. The van der Waals surface area contributed by atoms with Crippen LogP contribution in [0.1, 0.15) is 11.1 Å². The predicted molar refractivity (Wildman–Crippen MR) is 101 cm³/mol. The third-order valence-corrected chi connectivity index (χ3v) is 4.21. The van der Waals surface area contributed by atoms with Gasteiger partial charge in [0.05, 0.1) is 25.2 Å². The van der Waals surface area contributed by atoms with Crippen molar-refractivity contribution in [3.63, 3.8) is 0 Å². The van der Waals surface area contributed by atoms with E-state index in [9.17, 15) is 14.9 Å². The van der Waals surface area contributed by atoms with Crippen LogP contribution in [0, 0.1) is 10.1 Å². The number of anilines is 1. The molecule has 148 valence electrons. The molecule has 0 fully saturated rings. The number of likely N-dealkylation sites (N-methyl/N-ethyl adjacent to an activating group) is 1. The minimum Gasteiger partial charge on any atom is -0.497 e. The van der Waals surface area contributed by atoms with Crippen molar-refractivity contribution in [1.29, 1.82) is 0 Å². The smallest absolute Gasteiger partial charge is 0.270 e. The first-order chi connectivity index (χ1) is 13.5. The largest absolute Gasteiger partial charge is 0.497 e. The van der Waals surface area contributed by atoms with E-state index in [-0.39, 0.29) is 31.5 Å². The zero-order valence-corrected chi connectivity index (χ0v) is 15.6. The summed E-state index contributed by atoms with van der Waals surface area (Å²) in [6, 6.07) is 9.95. The van der Waals surface area contributed by atoms with Crippen molar-refractivity contribution in [3.8, 4) is 11.5 Å². The molecule has 1 aliphatic heterocycles. The van der Waals surface area contributed by atoms with Crippen LogP contribution in [0.15, 0.2) is 36.4 Å². The predicted octanol–water partition coefficient (Wildman–Crippen LogP) is 2.54. The quantitative estimate of drug-likeness (QED) is 0.575. The summed E-state index contributed by atoms with van der Waals surface area (Å²) >= 11 is 0. The van der Waals surface area contributed by atoms with Crippen molar-refractivity contribution in [2.45, 2.75) is 13.2 Å². The van der Waals surface area contributed by atoms with Crippen LogP contribution in [0.25, 0.3) is 0 Å². The SMILES string of the molecule is COc1ccc(NC(=O)CN(C)Cc2cc([N+](=O)[O-])cc3c2OCOC3)cc1. The number of ether oxygens (including phenoxy) is 3. The molecule has 2 aromatic carbocycles. The molecule has 2 aromatic rings. The Balaban J connectivity index is 1.66. The molecule has 0 aromatic heterocycles. The van der Waals surface area contributed by atoms with E-state index in [2.05, 4.69) is 5.32 Å². The summed E-state index contributed by atoms with van der Waals surface area (Å²) in [5.41, 5.74) is 1.91. The Kier molecular flexibility index (Phi) is 6.07. The maximum absolute atomic E-state index is 12.3. The van der Waals surface area contributed by atoms with Gasteiger partial charge in [-0.1, -0.05) is 0 Å². The first kappa shape index (κ1) is 19.6. The van der Waals surface area contributed by atoms with Crippen molar-refractivity contribution in [2.24, 2.45) is 0 Å². The van der Waals surface area contributed by atoms with Crippen LogP contribution >= 0.6 is 0 Å². The van der Waals surface area contributed by atoms with Crippen molar-refractivity contribution in [3.05, 3.63) is 57.6 Å². The Bertz CT molecular complexity index is 869. The number of benzene rings is 2. The fourth-order valence-electron chi connectivity index (χ4n) is 2.97. The number of amides is 1. The number of nitro benzene ring substituents is 1. The molecule has 0 saturated carbocycles. The van der Waals surface area contributed by atoms with Crippen LogP contribution in [0.3, 0.4) is 0 Å². The minimum atomic E-state index is -0.450. The number of methoxy groups -OCH3 is 1. The van der Waals surface area contributed by atoms with Crippen molar-refractivity contribution >= 4 is 17.3 Å². The van der Waals surface area contributed by atoms with Gasteiger partial charge in [-0.15, -0.1) is 0 Å². The van der Waals surface area contributed by atoms with Gasteiger partial charge in [-0.05, 0) is 31.3 Å². The lowest BCUT2D eigenvalue weighted by atomic mass is 10.1. The summed E-state index contributed by atoms with van der Waals surface area (Å²) in [6.07, 6.45) is 0. The number of fused-ring (bicyclic) bond motifs is 1. The molecule has 1 amide bonds. The van der Waals surface area contributed by atoms with Gasteiger partial charge in [-0.25, -0.2) is 0 Å². The second-order valence-electron chi connectivity index (χ2n) is 6.41. The zero-order valence-electron chi connectivity index (χ0n) is 15.6. The number of carbonyl (C=O) groups is 1. The third-order valence-electron chi connectivity index (χ3n) is 4.21. The molecule has 0 aliphatic carbocycles. The lowest BCUT2D eigenvalue weighted by Crippen LogP contribution is -2.30. The Morgan fingerprint density at radius 3 is 2.75 bits per heavy atom.